The predicted octanol–water partition coefficient (Wildman–Crippen LogP) is 2.33. The number of halogens is 3. The van der Waals surface area contributed by atoms with E-state index in [0.717, 1.165) is 17.7 Å². The third kappa shape index (κ3) is 5.48. The molecule has 0 aliphatic carbocycles. The number of nitrogens with zero attached hydrogens (tertiary/aromatic N) is 4. The molecule has 0 radical (unpaired) electrons. The first-order valence-electron chi connectivity index (χ1n) is 10.6. The number of nitrogens with one attached hydrogen (secondary N) is 1. The van der Waals surface area contributed by atoms with E-state index in [4.69, 9.17) is 0 Å². The number of aromatic nitrogens is 2. The molecule has 1 saturated heterocycles. The third-order valence-electron chi connectivity index (χ3n) is 5.65. The molecule has 0 bridgehead atoms. The Morgan fingerprint density at radius 3 is 2.44 bits per heavy atom. The van der Waals surface area contributed by atoms with Crippen molar-refractivity contribution in [3.8, 4) is 5.69 Å². The van der Waals surface area contributed by atoms with E-state index in [1.807, 2.05) is 11.8 Å². The highest BCUT2D eigenvalue weighted by molar-refractivity contribution is 5.80. The molecule has 1 aromatic heterocycles. The van der Waals surface area contributed by atoms with Crippen LogP contribution in [-0.4, -0.2) is 70.7 Å². The summed E-state index contributed by atoms with van der Waals surface area (Å²) in [6.07, 6.45) is -4.31. The van der Waals surface area contributed by atoms with Crippen LogP contribution in [0.15, 0.2) is 24.3 Å². The maximum Gasteiger partial charge on any atom is 0.416 e. The van der Waals surface area contributed by atoms with Crippen LogP contribution in [0.1, 0.15) is 29.4 Å². The number of piperazine rings is 1. The van der Waals surface area contributed by atoms with Gasteiger partial charge < -0.3 is 10.2 Å². The van der Waals surface area contributed by atoms with Crippen molar-refractivity contribution in [1.82, 2.24) is 24.9 Å². The molecular formula is C22H28F3N5O2. The van der Waals surface area contributed by atoms with Crippen LogP contribution in [0.5, 0.6) is 0 Å². The number of hydrogen-bond donors (Lipinski definition) is 1. The normalized spacial score (nSPS) is 15.1. The van der Waals surface area contributed by atoms with Crippen LogP contribution in [0.2, 0.25) is 0 Å². The molecule has 0 atom stereocenters. The zero-order valence-corrected chi connectivity index (χ0v) is 18.5. The number of likely N-dealkylation sites (N-methyl/N-ethyl adjacent to an activating group) is 1. The topological polar surface area (TPSA) is 70.5 Å². The number of amides is 2. The Balaban J connectivity index is 1.67. The molecule has 0 unspecified atom stereocenters. The highest BCUT2D eigenvalue weighted by Gasteiger charge is 2.31. The summed E-state index contributed by atoms with van der Waals surface area (Å²) >= 11 is 0. The molecule has 2 heterocycles. The van der Waals surface area contributed by atoms with Gasteiger partial charge in [-0.05, 0) is 39.0 Å². The number of benzene rings is 1. The summed E-state index contributed by atoms with van der Waals surface area (Å²) in [7, 11) is 0. The van der Waals surface area contributed by atoms with Gasteiger partial charge in [-0.3, -0.25) is 14.5 Å². The van der Waals surface area contributed by atoms with Crippen molar-refractivity contribution >= 4 is 11.8 Å². The highest BCUT2D eigenvalue weighted by atomic mass is 19.4. The van der Waals surface area contributed by atoms with Gasteiger partial charge in [-0.2, -0.15) is 18.3 Å². The minimum Gasteiger partial charge on any atom is -0.355 e. The monoisotopic (exact) mass is 451 g/mol. The zero-order valence-electron chi connectivity index (χ0n) is 18.5. The van der Waals surface area contributed by atoms with E-state index in [9.17, 15) is 22.8 Å². The lowest BCUT2D eigenvalue weighted by Gasteiger charge is -2.34. The predicted molar refractivity (Wildman–Crippen MR) is 113 cm³/mol. The van der Waals surface area contributed by atoms with Crippen LogP contribution in [0.3, 0.4) is 0 Å². The van der Waals surface area contributed by atoms with Crippen molar-refractivity contribution < 1.29 is 22.8 Å². The van der Waals surface area contributed by atoms with Gasteiger partial charge in [0, 0.05) is 44.0 Å². The SMILES string of the molecule is CCNC(=O)CN1CCN(C(=O)Cc2c(C)nn(-c3cccc(C(F)(F)F)c3)c2C)CC1. The van der Waals surface area contributed by atoms with Crippen LogP contribution < -0.4 is 5.32 Å². The van der Waals surface area contributed by atoms with Crippen molar-refractivity contribution in [2.24, 2.45) is 0 Å². The van der Waals surface area contributed by atoms with E-state index < -0.39 is 11.7 Å². The molecule has 1 N–H and O–H groups in total. The van der Waals surface area contributed by atoms with Crippen molar-refractivity contribution in [3.05, 3.63) is 46.8 Å². The minimum atomic E-state index is -4.44. The highest BCUT2D eigenvalue weighted by Crippen LogP contribution is 2.31. The van der Waals surface area contributed by atoms with Gasteiger partial charge in [-0.25, -0.2) is 4.68 Å². The minimum absolute atomic E-state index is 0.0273. The zero-order chi connectivity index (χ0) is 23.5. The van der Waals surface area contributed by atoms with Crippen LogP contribution in [0, 0.1) is 13.8 Å². The lowest BCUT2D eigenvalue weighted by atomic mass is 10.1. The van der Waals surface area contributed by atoms with Gasteiger partial charge >= 0.3 is 6.18 Å². The fraction of sp³-hybridized carbons (Fsp3) is 0.500. The van der Waals surface area contributed by atoms with Gasteiger partial charge in [0.2, 0.25) is 11.8 Å². The summed E-state index contributed by atoms with van der Waals surface area (Å²) in [6.45, 7) is 8.57. The Morgan fingerprint density at radius 2 is 1.81 bits per heavy atom. The van der Waals surface area contributed by atoms with Crippen molar-refractivity contribution in [3.63, 3.8) is 0 Å². The molecule has 0 spiro atoms. The van der Waals surface area contributed by atoms with Gasteiger partial charge in [0.25, 0.3) is 0 Å². The quantitative estimate of drug-likeness (QED) is 0.732. The number of aryl methyl sites for hydroxylation is 1. The van der Waals surface area contributed by atoms with Crippen LogP contribution in [-0.2, 0) is 22.2 Å². The smallest absolute Gasteiger partial charge is 0.355 e. The van der Waals surface area contributed by atoms with Crippen LogP contribution in [0.4, 0.5) is 13.2 Å². The van der Waals surface area contributed by atoms with Crippen molar-refractivity contribution in [2.75, 3.05) is 39.3 Å². The summed E-state index contributed by atoms with van der Waals surface area (Å²) in [5.74, 6) is -0.0852. The Kier molecular flexibility index (Phi) is 7.22. The number of alkyl halides is 3. The van der Waals surface area contributed by atoms with Gasteiger partial charge in [-0.1, -0.05) is 6.07 Å². The number of hydrogen-bond acceptors (Lipinski definition) is 4. The fourth-order valence-electron chi connectivity index (χ4n) is 3.87. The summed E-state index contributed by atoms with van der Waals surface area (Å²) in [4.78, 5) is 28.4. The van der Waals surface area contributed by atoms with E-state index in [0.29, 0.717) is 56.3 Å². The second-order valence-corrected chi connectivity index (χ2v) is 7.90. The molecule has 3 rings (SSSR count). The number of rotatable bonds is 6. The Morgan fingerprint density at radius 1 is 1.12 bits per heavy atom. The molecule has 7 nitrogen and oxygen atoms in total. The summed E-state index contributed by atoms with van der Waals surface area (Å²) in [5.41, 5.74) is 1.54. The van der Waals surface area contributed by atoms with Crippen molar-refractivity contribution in [1.29, 1.82) is 0 Å². The van der Waals surface area contributed by atoms with Gasteiger partial charge in [-0.15, -0.1) is 0 Å². The molecular weight excluding hydrogens is 423 g/mol. The van der Waals surface area contributed by atoms with E-state index in [-0.39, 0.29) is 18.2 Å². The average Bonchev–Trinajstić information content (AvgIpc) is 3.02. The first-order chi connectivity index (χ1) is 15.1. The first kappa shape index (κ1) is 23.8. The fourth-order valence-corrected chi connectivity index (χ4v) is 3.87. The van der Waals surface area contributed by atoms with E-state index >= 15 is 0 Å². The number of carbonyl (C=O) groups excluding carboxylic acids is 2. The third-order valence-corrected chi connectivity index (χ3v) is 5.65. The average molecular weight is 451 g/mol. The van der Waals surface area contributed by atoms with Gasteiger partial charge in [0.1, 0.15) is 0 Å². The molecule has 32 heavy (non-hydrogen) atoms. The first-order valence-corrected chi connectivity index (χ1v) is 10.6. The Bertz CT molecular complexity index is 978. The molecule has 2 aromatic rings. The molecule has 2 amide bonds. The Labute approximate surface area is 185 Å². The standard InChI is InChI=1S/C22H28F3N5O2/c1-4-26-20(31)14-28-8-10-29(11-9-28)21(32)13-19-15(2)27-30(16(19)3)18-7-5-6-17(12-18)22(23,24)25/h5-7,12H,4,8-11,13-14H2,1-3H3,(H,26,31). The summed E-state index contributed by atoms with van der Waals surface area (Å²) in [6, 6.07) is 4.98. The molecule has 174 valence electrons. The van der Waals surface area contributed by atoms with Gasteiger partial charge in [0.15, 0.2) is 0 Å². The molecule has 10 heteroatoms. The molecule has 1 aliphatic heterocycles. The molecule has 0 saturated carbocycles. The van der Waals surface area contributed by atoms with Crippen LogP contribution in [0.25, 0.3) is 5.69 Å². The number of carbonyl (C=O) groups is 2. The maximum absolute atomic E-state index is 13.1. The molecule has 1 fully saturated rings. The maximum atomic E-state index is 13.1. The second-order valence-electron chi connectivity index (χ2n) is 7.90. The van der Waals surface area contributed by atoms with Crippen LogP contribution >= 0.6 is 0 Å². The lowest BCUT2D eigenvalue weighted by Crippen LogP contribution is -2.51. The molecule has 1 aliphatic rings. The Hall–Kier alpha value is -2.88. The van der Waals surface area contributed by atoms with Gasteiger partial charge in [0.05, 0.1) is 29.9 Å². The van der Waals surface area contributed by atoms with E-state index in [1.165, 1.54) is 10.7 Å². The second kappa shape index (κ2) is 9.72. The van der Waals surface area contributed by atoms with E-state index in [1.54, 1.807) is 24.8 Å². The van der Waals surface area contributed by atoms with Crippen molar-refractivity contribution in [2.45, 2.75) is 33.4 Å². The lowest BCUT2D eigenvalue weighted by molar-refractivity contribution is -0.137. The summed E-state index contributed by atoms with van der Waals surface area (Å²) < 4.78 is 40.7. The molecule has 1 aromatic carbocycles. The largest absolute Gasteiger partial charge is 0.416 e. The van der Waals surface area contributed by atoms with E-state index in [2.05, 4.69) is 10.4 Å². The summed E-state index contributed by atoms with van der Waals surface area (Å²) in [5, 5.41) is 7.16.